The Labute approximate surface area is 145 Å². The number of fused-ring (bicyclic) bond motifs is 1. The maximum atomic E-state index is 12.0. The van der Waals surface area contributed by atoms with E-state index in [1.165, 1.54) is 6.92 Å². The number of carbonyl (C=O) groups excluding carboxylic acids is 2. The number of ketones is 1. The first-order valence-corrected chi connectivity index (χ1v) is 8.01. The molecule has 0 radical (unpaired) electrons. The lowest BCUT2D eigenvalue weighted by Crippen LogP contribution is -2.42. The minimum absolute atomic E-state index is 0.109. The lowest BCUT2D eigenvalue weighted by Gasteiger charge is -2.26. The van der Waals surface area contributed by atoms with Crippen LogP contribution in [0.3, 0.4) is 0 Å². The molecule has 0 saturated carbocycles. The molecular formula is C19H19NO5. The first-order valence-electron chi connectivity index (χ1n) is 8.01. The quantitative estimate of drug-likeness (QED) is 0.816. The van der Waals surface area contributed by atoms with Crippen molar-refractivity contribution in [2.24, 2.45) is 0 Å². The van der Waals surface area contributed by atoms with E-state index in [4.69, 9.17) is 14.2 Å². The minimum atomic E-state index is -0.291. The molecule has 1 amide bonds. The van der Waals surface area contributed by atoms with Gasteiger partial charge >= 0.3 is 0 Å². The Balaban J connectivity index is 1.47. The number of rotatable bonds is 6. The molecule has 0 fully saturated rings. The summed E-state index contributed by atoms with van der Waals surface area (Å²) in [7, 11) is 0. The maximum absolute atomic E-state index is 12.0. The van der Waals surface area contributed by atoms with E-state index in [1.807, 2.05) is 24.3 Å². The van der Waals surface area contributed by atoms with Crippen LogP contribution in [0, 0.1) is 0 Å². The highest BCUT2D eigenvalue weighted by Gasteiger charge is 2.21. The number of ether oxygens (including phenoxy) is 3. The predicted molar refractivity (Wildman–Crippen MR) is 91.3 cm³/mol. The molecule has 1 aliphatic heterocycles. The van der Waals surface area contributed by atoms with Gasteiger partial charge in [-0.1, -0.05) is 24.3 Å². The summed E-state index contributed by atoms with van der Waals surface area (Å²) in [6.45, 7) is 1.96. The standard InChI is InChI=1S/C19H19NO5/c1-13(21)15-6-2-3-7-16(15)24-12-19(22)20-10-14-11-23-17-8-4-5-9-18(17)25-14/h2-9,14H,10-12H2,1H3,(H,20,22)/t14-/m1/s1. The largest absolute Gasteiger partial charge is 0.486 e. The maximum Gasteiger partial charge on any atom is 0.258 e. The van der Waals surface area contributed by atoms with Crippen LogP contribution in [-0.2, 0) is 4.79 Å². The van der Waals surface area contributed by atoms with E-state index < -0.39 is 0 Å². The zero-order valence-corrected chi connectivity index (χ0v) is 13.9. The highest BCUT2D eigenvalue weighted by atomic mass is 16.6. The summed E-state index contributed by atoms with van der Waals surface area (Å²) in [4.78, 5) is 23.5. The fourth-order valence-corrected chi connectivity index (χ4v) is 2.47. The van der Waals surface area contributed by atoms with Crippen LogP contribution in [0.2, 0.25) is 0 Å². The van der Waals surface area contributed by atoms with Crippen molar-refractivity contribution in [2.45, 2.75) is 13.0 Å². The topological polar surface area (TPSA) is 73.9 Å². The van der Waals surface area contributed by atoms with Gasteiger partial charge in [-0.25, -0.2) is 0 Å². The molecule has 0 saturated heterocycles. The molecular weight excluding hydrogens is 322 g/mol. The van der Waals surface area contributed by atoms with E-state index in [0.717, 1.165) is 0 Å². The van der Waals surface area contributed by atoms with Gasteiger partial charge in [-0.15, -0.1) is 0 Å². The number of benzene rings is 2. The van der Waals surface area contributed by atoms with Crippen molar-refractivity contribution in [3.8, 4) is 17.2 Å². The molecule has 1 atom stereocenters. The van der Waals surface area contributed by atoms with Gasteiger partial charge in [0, 0.05) is 0 Å². The molecule has 1 aliphatic rings. The van der Waals surface area contributed by atoms with Crippen LogP contribution in [0.1, 0.15) is 17.3 Å². The number of hydrogen-bond donors (Lipinski definition) is 1. The van der Waals surface area contributed by atoms with Crippen LogP contribution in [0.25, 0.3) is 0 Å². The number of para-hydroxylation sites is 3. The van der Waals surface area contributed by atoms with Gasteiger partial charge in [0.15, 0.2) is 23.9 Å². The molecule has 1 heterocycles. The average molecular weight is 341 g/mol. The Morgan fingerprint density at radius 1 is 1.12 bits per heavy atom. The third kappa shape index (κ3) is 4.29. The molecule has 2 aromatic carbocycles. The van der Waals surface area contributed by atoms with Crippen molar-refractivity contribution in [1.82, 2.24) is 5.32 Å². The second kappa shape index (κ2) is 7.70. The van der Waals surface area contributed by atoms with Gasteiger partial charge in [-0.05, 0) is 31.2 Å². The molecule has 0 aliphatic carbocycles. The summed E-state index contributed by atoms with van der Waals surface area (Å²) in [5.74, 6) is 1.37. The highest BCUT2D eigenvalue weighted by Crippen LogP contribution is 2.30. The van der Waals surface area contributed by atoms with Crippen molar-refractivity contribution >= 4 is 11.7 Å². The summed E-state index contributed by atoms with van der Waals surface area (Å²) < 4.78 is 16.8. The zero-order valence-electron chi connectivity index (χ0n) is 13.9. The Bertz CT molecular complexity index is 774. The van der Waals surface area contributed by atoms with Crippen molar-refractivity contribution < 1.29 is 23.8 Å². The first kappa shape index (κ1) is 16.8. The Kier molecular flexibility index (Phi) is 5.18. The molecule has 0 bridgehead atoms. The number of nitrogens with one attached hydrogen (secondary N) is 1. The fourth-order valence-electron chi connectivity index (χ4n) is 2.47. The summed E-state index contributed by atoms with van der Waals surface area (Å²) >= 11 is 0. The number of carbonyl (C=O) groups is 2. The van der Waals surface area contributed by atoms with E-state index in [0.29, 0.717) is 36.0 Å². The first-order chi connectivity index (χ1) is 12.1. The second-order valence-corrected chi connectivity index (χ2v) is 5.64. The van der Waals surface area contributed by atoms with Gasteiger partial charge in [-0.2, -0.15) is 0 Å². The molecule has 0 spiro atoms. The van der Waals surface area contributed by atoms with Gasteiger partial charge in [0.1, 0.15) is 18.5 Å². The number of Topliss-reactive ketones (excluding diaryl/α,β-unsaturated/α-hetero) is 1. The third-order valence-electron chi connectivity index (χ3n) is 3.72. The van der Waals surface area contributed by atoms with Crippen LogP contribution in [0.5, 0.6) is 17.2 Å². The minimum Gasteiger partial charge on any atom is -0.486 e. The lowest BCUT2D eigenvalue weighted by atomic mass is 10.1. The lowest BCUT2D eigenvalue weighted by molar-refractivity contribution is -0.123. The van der Waals surface area contributed by atoms with E-state index in [9.17, 15) is 9.59 Å². The highest BCUT2D eigenvalue weighted by molar-refractivity contribution is 5.96. The third-order valence-corrected chi connectivity index (χ3v) is 3.72. The SMILES string of the molecule is CC(=O)c1ccccc1OCC(=O)NC[C@@H]1COc2ccccc2O1. The van der Waals surface area contributed by atoms with E-state index >= 15 is 0 Å². The summed E-state index contributed by atoms with van der Waals surface area (Å²) in [5.41, 5.74) is 0.455. The van der Waals surface area contributed by atoms with Gasteiger partial charge in [-0.3, -0.25) is 9.59 Å². The monoisotopic (exact) mass is 341 g/mol. The molecule has 6 nitrogen and oxygen atoms in total. The van der Waals surface area contributed by atoms with Crippen LogP contribution >= 0.6 is 0 Å². The van der Waals surface area contributed by atoms with Crippen molar-refractivity contribution in [2.75, 3.05) is 19.8 Å². The Morgan fingerprint density at radius 3 is 2.64 bits per heavy atom. The van der Waals surface area contributed by atoms with Crippen molar-refractivity contribution in [1.29, 1.82) is 0 Å². The van der Waals surface area contributed by atoms with E-state index in [-0.39, 0.29) is 24.4 Å². The Hall–Kier alpha value is -3.02. The summed E-state index contributed by atoms with van der Waals surface area (Å²) in [6.07, 6.45) is -0.261. The molecule has 2 aromatic rings. The van der Waals surface area contributed by atoms with Crippen molar-refractivity contribution in [3.63, 3.8) is 0 Å². The van der Waals surface area contributed by atoms with Crippen LogP contribution in [0.4, 0.5) is 0 Å². The van der Waals surface area contributed by atoms with Gasteiger partial charge in [0.05, 0.1) is 12.1 Å². The molecule has 25 heavy (non-hydrogen) atoms. The van der Waals surface area contributed by atoms with Gasteiger partial charge < -0.3 is 19.5 Å². The molecule has 1 N–H and O–H groups in total. The van der Waals surface area contributed by atoms with Crippen molar-refractivity contribution in [3.05, 3.63) is 54.1 Å². The number of amides is 1. The average Bonchev–Trinajstić information content (AvgIpc) is 2.64. The fraction of sp³-hybridized carbons (Fsp3) is 0.263. The van der Waals surface area contributed by atoms with Crippen LogP contribution in [0.15, 0.2) is 48.5 Å². The predicted octanol–water partition coefficient (Wildman–Crippen LogP) is 2.22. The second-order valence-electron chi connectivity index (χ2n) is 5.64. The smallest absolute Gasteiger partial charge is 0.258 e. The summed E-state index contributed by atoms with van der Waals surface area (Å²) in [6, 6.07) is 14.2. The van der Waals surface area contributed by atoms with Gasteiger partial charge in [0.2, 0.25) is 0 Å². The van der Waals surface area contributed by atoms with Gasteiger partial charge in [0.25, 0.3) is 5.91 Å². The van der Waals surface area contributed by atoms with E-state index in [1.54, 1.807) is 24.3 Å². The zero-order chi connectivity index (χ0) is 17.6. The molecule has 3 rings (SSSR count). The van der Waals surface area contributed by atoms with Crippen LogP contribution in [-0.4, -0.2) is 37.6 Å². The van der Waals surface area contributed by atoms with E-state index in [2.05, 4.69) is 5.32 Å². The molecule has 0 aromatic heterocycles. The normalized spacial score (nSPS) is 15.3. The molecule has 6 heteroatoms. The summed E-state index contributed by atoms with van der Waals surface area (Å²) in [5, 5.41) is 2.75. The Morgan fingerprint density at radius 2 is 1.84 bits per heavy atom. The number of hydrogen-bond acceptors (Lipinski definition) is 5. The molecule has 130 valence electrons. The van der Waals surface area contributed by atoms with Crippen LogP contribution < -0.4 is 19.5 Å². The molecule has 0 unspecified atom stereocenters.